The van der Waals surface area contributed by atoms with Crippen molar-refractivity contribution in [3.63, 3.8) is 0 Å². The number of pyridine rings is 1. The summed E-state index contributed by atoms with van der Waals surface area (Å²) in [5.74, 6) is -1.32. The van der Waals surface area contributed by atoms with Gasteiger partial charge in [0.15, 0.2) is 0 Å². The van der Waals surface area contributed by atoms with Crippen molar-refractivity contribution in [1.82, 2.24) is 29.7 Å². The normalized spacial score (nSPS) is 16.2. The minimum Gasteiger partial charge on any atom is -0.378 e. The van der Waals surface area contributed by atoms with Crippen LogP contribution in [0.5, 0.6) is 0 Å². The van der Waals surface area contributed by atoms with E-state index >= 15 is 8.78 Å². The van der Waals surface area contributed by atoms with Gasteiger partial charge in [-0.05, 0) is 30.3 Å². The molecule has 6 rings (SSSR count). The van der Waals surface area contributed by atoms with Crippen LogP contribution in [0.15, 0.2) is 48.9 Å². The van der Waals surface area contributed by atoms with Crippen LogP contribution in [-0.2, 0) is 4.74 Å². The van der Waals surface area contributed by atoms with E-state index in [4.69, 9.17) is 4.74 Å². The Labute approximate surface area is 217 Å². The first-order valence-electron chi connectivity index (χ1n) is 12.5. The van der Waals surface area contributed by atoms with Crippen molar-refractivity contribution in [3.05, 3.63) is 66.1 Å². The maximum atomic E-state index is 15.1. The summed E-state index contributed by atoms with van der Waals surface area (Å²) in [5, 5.41) is 7.15. The number of aromatic nitrogens is 4. The van der Waals surface area contributed by atoms with Crippen LogP contribution in [0.25, 0.3) is 16.7 Å². The molecule has 0 atom stereocenters. The Morgan fingerprint density at radius 1 is 0.974 bits per heavy atom. The van der Waals surface area contributed by atoms with Crippen molar-refractivity contribution >= 4 is 34.4 Å². The first kappa shape index (κ1) is 24.2. The van der Waals surface area contributed by atoms with Gasteiger partial charge in [0, 0.05) is 57.0 Å². The summed E-state index contributed by atoms with van der Waals surface area (Å²) in [5.41, 5.74) is 0.810. The zero-order valence-electron chi connectivity index (χ0n) is 20.5. The predicted octanol–water partition coefficient (Wildman–Crippen LogP) is 2.72. The Morgan fingerprint density at radius 3 is 2.45 bits per heavy atom. The summed E-state index contributed by atoms with van der Waals surface area (Å²) in [7, 11) is 0. The SMILES string of the molecule is O=C(c1c(F)cc(-n2ccc3cnc(Nc4ccc(N5CCNCC5)nc4)nc32)cc1F)N1CCOCC1. The standard InChI is InChI=1S/C26H26F2N8O2/c27-20-13-19(14-21(28)23(20)25(37)35-9-11-38-12-10-35)36-6-3-17-15-31-26(33-24(17)36)32-18-1-2-22(30-16-18)34-7-4-29-5-8-34/h1-3,6,13-16,29H,4-5,7-12H2,(H,31,32,33). The van der Waals surface area contributed by atoms with Crippen LogP contribution < -0.4 is 15.5 Å². The molecule has 2 aliphatic heterocycles. The number of rotatable bonds is 5. The molecular weight excluding hydrogens is 494 g/mol. The van der Waals surface area contributed by atoms with Crippen molar-refractivity contribution in [2.45, 2.75) is 0 Å². The Morgan fingerprint density at radius 2 is 1.74 bits per heavy atom. The van der Waals surface area contributed by atoms with Gasteiger partial charge in [0.1, 0.15) is 28.7 Å². The molecule has 4 aromatic rings. The monoisotopic (exact) mass is 520 g/mol. The fraction of sp³-hybridized carbons (Fsp3) is 0.308. The summed E-state index contributed by atoms with van der Waals surface area (Å²) < 4.78 is 36.9. The van der Waals surface area contributed by atoms with E-state index in [1.165, 1.54) is 4.90 Å². The number of anilines is 3. The molecule has 1 amide bonds. The van der Waals surface area contributed by atoms with Crippen LogP contribution in [0.4, 0.5) is 26.2 Å². The third-order valence-corrected chi connectivity index (χ3v) is 6.69. The summed E-state index contributed by atoms with van der Waals surface area (Å²) >= 11 is 0. The maximum absolute atomic E-state index is 15.1. The van der Waals surface area contributed by atoms with Crippen LogP contribution in [-0.4, -0.2) is 82.8 Å². The molecule has 0 spiro atoms. The lowest BCUT2D eigenvalue weighted by molar-refractivity contribution is 0.0296. The number of hydrogen-bond donors (Lipinski definition) is 2. The zero-order chi connectivity index (χ0) is 26.1. The number of nitrogens with zero attached hydrogens (tertiary/aromatic N) is 6. The molecule has 0 radical (unpaired) electrons. The van der Waals surface area contributed by atoms with E-state index in [-0.39, 0.29) is 5.69 Å². The fourth-order valence-corrected chi connectivity index (χ4v) is 4.68. The predicted molar refractivity (Wildman–Crippen MR) is 138 cm³/mol. The lowest BCUT2D eigenvalue weighted by Gasteiger charge is -2.28. The average Bonchev–Trinajstić information content (AvgIpc) is 3.37. The fourth-order valence-electron chi connectivity index (χ4n) is 4.68. The van der Waals surface area contributed by atoms with Gasteiger partial charge in [-0.1, -0.05) is 0 Å². The van der Waals surface area contributed by atoms with Gasteiger partial charge >= 0.3 is 0 Å². The van der Waals surface area contributed by atoms with Crippen molar-refractivity contribution in [3.8, 4) is 5.69 Å². The number of carbonyl (C=O) groups is 1. The largest absolute Gasteiger partial charge is 0.378 e. The Bertz CT molecular complexity index is 1440. The number of hydrogen-bond acceptors (Lipinski definition) is 8. The highest BCUT2D eigenvalue weighted by molar-refractivity contribution is 5.95. The second kappa shape index (κ2) is 10.3. The quantitative estimate of drug-likeness (QED) is 0.415. The Kier molecular flexibility index (Phi) is 6.56. The highest BCUT2D eigenvalue weighted by Crippen LogP contribution is 2.25. The molecular formula is C26H26F2N8O2. The molecule has 0 saturated carbocycles. The van der Waals surface area contributed by atoms with Crippen LogP contribution in [0.2, 0.25) is 0 Å². The molecule has 12 heteroatoms. The van der Waals surface area contributed by atoms with Gasteiger partial charge in [-0.15, -0.1) is 0 Å². The van der Waals surface area contributed by atoms with Crippen LogP contribution in [0, 0.1) is 11.6 Å². The van der Waals surface area contributed by atoms with Crippen molar-refractivity contribution in [1.29, 1.82) is 0 Å². The van der Waals surface area contributed by atoms with Gasteiger partial charge in [0.25, 0.3) is 5.91 Å². The number of fused-ring (bicyclic) bond motifs is 1. The van der Waals surface area contributed by atoms with Gasteiger partial charge in [-0.25, -0.2) is 18.7 Å². The first-order chi connectivity index (χ1) is 18.6. The summed E-state index contributed by atoms with van der Waals surface area (Å²) in [6.45, 7) is 4.93. The average molecular weight is 521 g/mol. The second-order valence-corrected chi connectivity index (χ2v) is 9.11. The number of carbonyl (C=O) groups excluding carboxylic acids is 1. The molecule has 2 N–H and O–H groups in total. The van der Waals surface area contributed by atoms with E-state index in [0.717, 1.165) is 44.1 Å². The molecule has 2 aliphatic rings. The van der Waals surface area contributed by atoms with Gasteiger partial charge in [0.2, 0.25) is 5.95 Å². The summed E-state index contributed by atoms with van der Waals surface area (Å²) in [6.07, 6.45) is 5.01. The molecule has 0 aliphatic carbocycles. The molecule has 1 aromatic carbocycles. The van der Waals surface area contributed by atoms with Gasteiger partial charge in [0.05, 0.1) is 30.8 Å². The molecule has 5 heterocycles. The Balaban J connectivity index is 1.25. The van der Waals surface area contributed by atoms with Gasteiger partial charge in [-0.2, -0.15) is 4.98 Å². The van der Waals surface area contributed by atoms with Crippen LogP contribution in [0.1, 0.15) is 10.4 Å². The number of nitrogens with one attached hydrogen (secondary N) is 2. The number of benzene rings is 1. The van der Waals surface area contributed by atoms with Gasteiger partial charge in [-0.3, -0.25) is 4.79 Å². The summed E-state index contributed by atoms with van der Waals surface area (Å²) in [6, 6.07) is 7.89. The molecule has 10 nitrogen and oxygen atoms in total. The molecule has 0 bridgehead atoms. The van der Waals surface area contributed by atoms with Crippen LogP contribution >= 0.6 is 0 Å². The smallest absolute Gasteiger partial charge is 0.259 e. The maximum Gasteiger partial charge on any atom is 0.259 e. The van der Waals surface area contributed by atoms with Crippen molar-refractivity contribution in [2.24, 2.45) is 0 Å². The minimum atomic E-state index is -0.929. The lowest BCUT2D eigenvalue weighted by Crippen LogP contribution is -2.43. The molecule has 2 saturated heterocycles. The third-order valence-electron chi connectivity index (χ3n) is 6.69. The van der Waals surface area contributed by atoms with E-state index in [2.05, 4.69) is 30.5 Å². The van der Waals surface area contributed by atoms with E-state index in [1.54, 1.807) is 29.2 Å². The lowest BCUT2D eigenvalue weighted by atomic mass is 10.1. The van der Waals surface area contributed by atoms with E-state index in [1.807, 2.05) is 12.1 Å². The third kappa shape index (κ3) is 4.75. The molecule has 2 fully saturated rings. The highest BCUT2D eigenvalue weighted by Gasteiger charge is 2.26. The zero-order valence-corrected chi connectivity index (χ0v) is 20.5. The number of morpholine rings is 1. The Hall–Kier alpha value is -4.16. The molecule has 38 heavy (non-hydrogen) atoms. The van der Waals surface area contributed by atoms with Gasteiger partial charge < -0.3 is 29.7 Å². The first-order valence-corrected chi connectivity index (χ1v) is 12.5. The summed E-state index contributed by atoms with van der Waals surface area (Å²) in [4.78, 5) is 29.8. The molecule has 196 valence electrons. The van der Waals surface area contributed by atoms with E-state index in [0.29, 0.717) is 49.0 Å². The second-order valence-electron chi connectivity index (χ2n) is 9.11. The van der Waals surface area contributed by atoms with E-state index in [9.17, 15) is 4.79 Å². The minimum absolute atomic E-state index is 0.209. The molecule has 0 unspecified atom stereocenters. The number of piperazine rings is 1. The number of halogens is 2. The number of ether oxygens (including phenoxy) is 1. The van der Waals surface area contributed by atoms with Crippen molar-refractivity contribution < 1.29 is 18.3 Å². The van der Waals surface area contributed by atoms with Crippen LogP contribution in [0.3, 0.4) is 0 Å². The van der Waals surface area contributed by atoms with Crippen molar-refractivity contribution in [2.75, 3.05) is 62.7 Å². The molecule has 3 aromatic heterocycles. The topological polar surface area (TPSA) is 100 Å². The van der Waals surface area contributed by atoms with E-state index < -0.39 is 23.1 Å². The number of amides is 1. The highest BCUT2D eigenvalue weighted by atomic mass is 19.1.